The van der Waals surface area contributed by atoms with Gasteiger partial charge in [0.25, 0.3) is 17.2 Å². The Morgan fingerprint density at radius 3 is 1.43 bits per heavy atom. The number of halogens is 6. The van der Waals surface area contributed by atoms with Crippen LogP contribution in [0.2, 0.25) is 0 Å². The average molecular weight is 434 g/mol. The van der Waals surface area contributed by atoms with Crippen LogP contribution in [0, 0.1) is 0 Å². The van der Waals surface area contributed by atoms with Gasteiger partial charge in [-0.1, -0.05) is 36.4 Å². The Morgan fingerprint density at radius 2 is 0.967 bits per heavy atom. The van der Waals surface area contributed by atoms with E-state index in [1.165, 1.54) is 6.07 Å². The molecule has 3 aromatic carbocycles. The number of rotatable bonds is 8. The van der Waals surface area contributed by atoms with Gasteiger partial charge in [0.2, 0.25) is 11.5 Å². The van der Waals surface area contributed by atoms with Crippen molar-refractivity contribution >= 4 is 0 Å². The van der Waals surface area contributed by atoms with E-state index in [-0.39, 0.29) is 0 Å². The van der Waals surface area contributed by atoms with E-state index in [9.17, 15) is 27.2 Å². The molecule has 0 bridgehead atoms. The summed E-state index contributed by atoms with van der Waals surface area (Å²) in [6, 6.07) is 11.9. The van der Waals surface area contributed by atoms with Gasteiger partial charge in [0.05, 0.1) is 5.56 Å². The largest absolute Gasteiger partial charge is 0.294 e. The van der Waals surface area contributed by atoms with E-state index in [0.717, 1.165) is 12.1 Å². The third-order valence-electron chi connectivity index (χ3n) is 4.11. The van der Waals surface area contributed by atoms with E-state index in [2.05, 4.69) is 29.6 Å². The summed E-state index contributed by atoms with van der Waals surface area (Å²) in [7, 11) is 0. The van der Waals surface area contributed by atoms with Crippen LogP contribution in [0.15, 0.2) is 48.5 Å². The minimum Gasteiger partial charge on any atom is -0.294 e. The Balaban J connectivity index is 2.34. The lowest BCUT2D eigenvalue weighted by atomic mass is 9.97. The number of hydrogen-bond donors (Lipinski definition) is 0. The van der Waals surface area contributed by atoms with Crippen molar-refractivity contribution in [1.29, 1.82) is 0 Å². The summed E-state index contributed by atoms with van der Waals surface area (Å²) in [4.78, 5) is 20.2. The minimum atomic E-state index is -1.60. The smallest absolute Gasteiger partial charge is 0.272 e. The fourth-order valence-electron chi connectivity index (χ4n) is 2.84. The predicted octanol–water partition coefficient (Wildman–Crippen LogP) is 6.60. The first kappa shape index (κ1) is 20.8. The molecule has 6 nitrogen and oxygen atoms in total. The van der Waals surface area contributed by atoms with Gasteiger partial charge in [0.1, 0.15) is 0 Å². The maximum atomic E-state index is 13.3. The molecule has 0 saturated carbocycles. The highest BCUT2D eigenvalue weighted by Gasteiger charge is 2.36. The van der Waals surface area contributed by atoms with Crippen LogP contribution in [-0.2, 0) is 0 Å². The van der Waals surface area contributed by atoms with E-state index in [0.29, 0.717) is 11.1 Å². The molecule has 0 atom stereocenters. The van der Waals surface area contributed by atoms with Crippen LogP contribution in [0.1, 0.15) is 0 Å². The second-order valence-electron chi connectivity index (χ2n) is 5.56. The molecule has 0 fully saturated rings. The molecule has 3 aromatic rings. The van der Waals surface area contributed by atoms with Crippen molar-refractivity contribution in [2.24, 2.45) is 0 Å². The summed E-state index contributed by atoms with van der Waals surface area (Å²) >= 11 is 0. The van der Waals surface area contributed by atoms with Gasteiger partial charge in [-0.3, -0.25) is 29.6 Å². The van der Waals surface area contributed by atoms with Gasteiger partial charge in [0.15, 0.2) is 5.75 Å². The molecule has 0 aromatic heterocycles. The normalized spacial score (nSPS) is 10.3. The Morgan fingerprint density at radius 1 is 0.467 bits per heavy atom. The lowest BCUT2D eigenvalue weighted by molar-refractivity contribution is -0.0735. The number of benzene rings is 3. The standard InChI is InChI=1S/C18H8F6O6/c19-25-12-8-10(9-4-2-1-3-5-9)6-7-11(12)13-14(26-20)16(28-22)18(30-24)17(29-23)15(13)27-21/h1-8H. The average Bonchev–Trinajstić information content (AvgIpc) is 2.81. The Kier molecular flexibility index (Phi) is 6.25. The van der Waals surface area contributed by atoms with E-state index < -0.39 is 45.6 Å². The molecule has 0 radical (unpaired) electrons. The summed E-state index contributed by atoms with van der Waals surface area (Å²) < 4.78 is 78.3. The van der Waals surface area contributed by atoms with E-state index in [1.807, 2.05) is 0 Å². The van der Waals surface area contributed by atoms with Crippen molar-refractivity contribution in [2.45, 2.75) is 0 Å². The summed E-state index contributed by atoms with van der Waals surface area (Å²) in [5, 5.41) is 0. The van der Waals surface area contributed by atoms with Crippen LogP contribution in [0.3, 0.4) is 0 Å². The Bertz CT molecular complexity index is 1000. The highest BCUT2D eigenvalue weighted by atomic mass is 19.3. The van der Waals surface area contributed by atoms with Crippen LogP contribution >= 0.6 is 0 Å². The lowest BCUT2D eigenvalue weighted by Crippen LogP contribution is -1.99. The van der Waals surface area contributed by atoms with Crippen molar-refractivity contribution in [2.75, 3.05) is 0 Å². The van der Waals surface area contributed by atoms with Crippen molar-refractivity contribution in [3.8, 4) is 56.8 Å². The van der Waals surface area contributed by atoms with Gasteiger partial charge in [-0.25, -0.2) is 0 Å². The van der Waals surface area contributed by atoms with Gasteiger partial charge >= 0.3 is 0 Å². The van der Waals surface area contributed by atoms with Gasteiger partial charge in [-0.2, -0.15) is 0 Å². The van der Waals surface area contributed by atoms with E-state index in [4.69, 9.17) is 0 Å². The molecule has 12 heteroatoms. The van der Waals surface area contributed by atoms with Gasteiger partial charge in [-0.05, 0) is 23.3 Å². The van der Waals surface area contributed by atoms with Crippen LogP contribution in [-0.4, -0.2) is 0 Å². The van der Waals surface area contributed by atoms with Crippen LogP contribution in [0.4, 0.5) is 27.2 Å². The third kappa shape index (κ3) is 3.43. The molecule has 0 aliphatic heterocycles. The fourth-order valence-corrected chi connectivity index (χ4v) is 2.84. The SMILES string of the molecule is FOc1cc(-c2ccccc2)ccc1-c1c(OF)c(OF)c(OF)c(OF)c1OF. The molecule has 0 unspecified atom stereocenters. The van der Waals surface area contributed by atoms with Crippen molar-refractivity contribution < 1.29 is 56.8 Å². The van der Waals surface area contributed by atoms with Crippen LogP contribution in [0.5, 0.6) is 34.5 Å². The van der Waals surface area contributed by atoms with Crippen molar-refractivity contribution in [1.82, 2.24) is 0 Å². The van der Waals surface area contributed by atoms with E-state index >= 15 is 0 Å². The molecule has 0 spiro atoms. The zero-order valence-electron chi connectivity index (χ0n) is 14.3. The molecule has 0 saturated heterocycles. The second-order valence-corrected chi connectivity index (χ2v) is 5.56. The van der Waals surface area contributed by atoms with Crippen molar-refractivity contribution in [3.05, 3.63) is 48.5 Å². The summed E-state index contributed by atoms with van der Waals surface area (Å²) in [5.74, 6) is -8.17. The maximum absolute atomic E-state index is 13.3. The zero-order chi connectivity index (χ0) is 21.7. The molecule has 0 amide bonds. The maximum Gasteiger partial charge on any atom is 0.272 e. The first-order chi connectivity index (χ1) is 14.6. The fraction of sp³-hybridized carbons (Fsp3) is 0. The first-order valence-electron chi connectivity index (χ1n) is 7.80. The second kappa shape index (κ2) is 9.03. The monoisotopic (exact) mass is 434 g/mol. The molecule has 0 aliphatic carbocycles. The van der Waals surface area contributed by atoms with Crippen molar-refractivity contribution in [3.63, 3.8) is 0 Å². The van der Waals surface area contributed by atoms with Gasteiger partial charge in [-0.15, -0.1) is 0 Å². The molecular weight excluding hydrogens is 426 g/mol. The summed E-state index contributed by atoms with van der Waals surface area (Å²) in [6.07, 6.45) is 0. The molecule has 0 heterocycles. The Hall–Kier alpha value is -3.96. The lowest BCUT2D eigenvalue weighted by Gasteiger charge is -2.16. The molecule has 0 N–H and O–H groups in total. The molecule has 30 heavy (non-hydrogen) atoms. The summed E-state index contributed by atoms with van der Waals surface area (Å²) in [6.45, 7) is 0. The molecule has 3 rings (SSSR count). The summed E-state index contributed by atoms with van der Waals surface area (Å²) in [5.41, 5.74) is -0.536. The minimum absolute atomic E-state index is 0.394. The highest BCUT2D eigenvalue weighted by Crippen LogP contribution is 2.59. The topological polar surface area (TPSA) is 55.4 Å². The predicted molar refractivity (Wildman–Crippen MR) is 87.7 cm³/mol. The zero-order valence-corrected chi connectivity index (χ0v) is 14.3. The highest BCUT2D eigenvalue weighted by molar-refractivity contribution is 5.89. The van der Waals surface area contributed by atoms with Crippen LogP contribution < -0.4 is 29.6 Å². The molecule has 0 aliphatic rings. The third-order valence-corrected chi connectivity index (χ3v) is 4.11. The quantitative estimate of drug-likeness (QED) is 0.373. The first-order valence-corrected chi connectivity index (χ1v) is 7.80. The van der Waals surface area contributed by atoms with Gasteiger partial charge in [0, 0.05) is 32.7 Å². The molecular formula is C18H8F6O6. The van der Waals surface area contributed by atoms with Gasteiger partial charge < -0.3 is 0 Å². The van der Waals surface area contributed by atoms with Crippen LogP contribution in [0.25, 0.3) is 22.3 Å². The number of hydrogen-bond acceptors (Lipinski definition) is 6. The molecule has 158 valence electrons. The Labute approximate surface area is 163 Å². The van der Waals surface area contributed by atoms with E-state index in [1.54, 1.807) is 30.3 Å².